The molecule has 0 radical (unpaired) electrons. The maximum Gasteiger partial charge on any atom is 0.329 e. The van der Waals surface area contributed by atoms with Crippen LogP contribution in [0.1, 0.15) is 42.5 Å². The van der Waals surface area contributed by atoms with E-state index in [-0.39, 0.29) is 5.56 Å². The van der Waals surface area contributed by atoms with Crippen LogP contribution >= 0.6 is 0 Å². The number of nitrogens with one attached hydrogen (secondary N) is 1. The lowest BCUT2D eigenvalue weighted by Crippen LogP contribution is -2.56. The van der Waals surface area contributed by atoms with Crippen LogP contribution in [0.4, 0.5) is 0 Å². The van der Waals surface area contributed by atoms with E-state index in [4.69, 9.17) is 4.42 Å². The molecule has 0 aromatic carbocycles. The average Bonchev–Trinajstić information content (AvgIpc) is 3.15. The first-order valence-electron chi connectivity index (χ1n) is 8.24. The number of furan rings is 1. The second kappa shape index (κ2) is 6.58. The second-order valence-corrected chi connectivity index (χ2v) is 6.35. The van der Waals surface area contributed by atoms with Crippen LogP contribution in [0, 0.1) is 0 Å². The summed E-state index contributed by atoms with van der Waals surface area (Å²) in [5, 5.41) is 9.70. The van der Waals surface area contributed by atoms with Gasteiger partial charge in [-0.3, -0.25) is 9.59 Å². The Balaban J connectivity index is 1.92. The number of likely N-dealkylation sites (N-methyl/N-ethyl adjacent to an activating group) is 1. The van der Waals surface area contributed by atoms with Crippen molar-refractivity contribution in [2.75, 3.05) is 7.05 Å². The minimum atomic E-state index is -1.25. The second-order valence-electron chi connectivity index (χ2n) is 6.35. The number of nitrogens with zero attached hydrogens (tertiary/aromatic N) is 1. The molecule has 1 saturated carbocycles. The van der Waals surface area contributed by atoms with Gasteiger partial charge in [-0.25, -0.2) is 4.79 Å². The van der Waals surface area contributed by atoms with Crippen LogP contribution in [0.5, 0.6) is 0 Å². The maximum atomic E-state index is 12.8. The molecule has 0 bridgehead atoms. The summed E-state index contributed by atoms with van der Waals surface area (Å²) in [6, 6.07) is 6.38. The van der Waals surface area contributed by atoms with Crippen molar-refractivity contribution in [2.45, 2.75) is 37.6 Å². The van der Waals surface area contributed by atoms with Crippen molar-refractivity contribution in [3.05, 3.63) is 46.4 Å². The maximum absolute atomic E-state index is 12.8. The monoisotopic (exact) mass is 344 g/mol. The van der Waals surface area contributed by atoms with Crippen molar-refractivity contribution in [1.82, 2.24) is 9.88 Å². The zero-order chi connectivity index (χ0) is 18.0. The van der Waals surface area contributed by atoms with Crippen LogP contribution < -0.4 is 5.56 Å². The number of rotatable bonds is 4. The van der Waals surface area contributed by atoms with Gasteiger partial charge >= 0.3 is 5.97 Å². The molecule has 0 atom stereocenters. The van der Waals surface area contributed by atoms with Crippen molar-refractivity contribution >= 4 is 11.9 Å². The summed E-state index contributed by atoms with van der Waals surface area (Å²) < 4.78 is 5.22. The van der Waals surface area contributed by atoms with Gasteiger partial charge in [-0.05, 0) is 37.1 Å². The van der Waals surface area contributed by atoms with E-state index in [0.29, 0.717) is 24.3 Å². The van der Waals surface area contributed by atoms with Crippen molar-refractivity contribution in [1.29, 1.82) is 0 Å². The Morgan fingerprint density at radius 3 is 2.48 bits per heavy atom. The molecule has 0 spiro atoms. The molecule has 1 aliphatic rings. The highest BCUT2D eigenvalue weighted by atomic mass is 16.4. The van der Waals surface area contributed by atoms with Crippen LogP contribution in [0.2, 0.25) is 0 Å². The van der Waals surface area contributed by atoms with Crippen molar-refractivity contribution in [2.24, 2.45) is 0 Å². The lowest BCUT2D eigenvalue weighted by atomic mass is 9.80. The fourth-order valence-corrected chi connectivity index (χ4v) is 3.42. The molecule has 7 nitrogen and oxygen atoms in total. The van der Waals surface area contributed by atoms with Gasteiger partial charge in [0.05, 0.1) is 12.0 Å². The molecular formula is C18H20N2O5. The Bertz CT molecular complexity index is 831. The summed E-state index contributed by atoms with van der Waals surface area (Å²) in [6.45, 7) is 0. The number of aliphatic carboxylic acids is 1. The van der Waals surface area contributed by atoms with Gasteiger partial charge in [-0.15, -0.1) is 0 Å². The number of carboxylic acid groups (broad SMARTS) is 1. The minimum absolute atomic E-state index is 0.0796. The highest BCUT2D eigenvalue weighted by molar-refractivity contribution is 5.97. The first-order valence-corrected chi connectivity index (χ1v) is 8.24. The quantitative estimate of drug-likeness (QED) is 0.887. The predicted octanol–water partition coefficient (Wildman–Crippen LogP) is 2.49. The molecule has 1 amide bonds. The fraction of sp³-hybridized carbons (Fsp3) is 0.389. The lowest BCUT2D eigenvalue weighted by Gasteiger charge is -2.40. The van der Waals surface area contributed by atoms with Crippen LogP contribution in [0.25, 0.3) is 11.5 Å². The number of aromatic nitrogens is 1. The van der Waals surface area contributed by atoms with Gasteiger partial charge in [0.15, 0.2) is 0 Å². The molecule has 1 fully saturated rings. The molecule has 2 heterocycles. The Kier molecular flexibility index (Phi) is 4.48. The van der Waals surface area contributed by atoms with Crippen molar-refractivity contribution in [3.8, 4) is 11.5 Å². The zero-order valence-electron chi connectivity index (χ0n) is 13.9. The standard InChI is InChI=1S/C18H20N2O5/c1-20(18(17(23)24)9-3-2-4-10-18)16(22)12-7-8-13(19-15(12)21)14-6-5-11-25-14/h5-8,11H,2-4,9-10H2,1H3,(H,19,21)(H,23,24). The van der Waals surface area contributed by atoms with E-state index in [9.17, 15) is 19.5 Å². The highest BCUT2D eigenvalue weighted by Crippen LogP contribution is 2.34. The van der Waals surface area contributed by atoms with Gasteiger partial charge in [0, 0.05) is 7.05 Å². The smallest absolute Gasteiger partial charge is 0.329 e. The van der Waals surface area contributed by atoms with Crippen LogP contribution in [-0.4, -0.2) is 39.5 Å². The van der Waals surface area contributed by atoms with Crippen molar-refractivity contribution < 1.29 is 19.1 Å². The van der Waals surface area contributed by atoms with E-state index in [1.807, 2.05) is 0 Å². The Hall–Kier alpha value is -2.83. The first-order chi connectivity index (χ1) is 12.0. The third-order valence-corrected chi connectivity index (χ3v) is 4.95. The Morgan fingerprint density at radius 2 is 1.92 bits per heavy atom. The lowest BCUT2D eigenvalue weighted by molar-refractivity contribution is -0.151. The molecule has 1 aliphatic carbocycles. The molecule has 0 unspecified atom stereocenters. The van der Waals surface area contributed by atoms with Gasteiger partial charge in [0.25, 0.3) is 11.5 Å². The van der Waals surface area contributed by atoms with Gasteiger partial charge in [-0.1, -0.05) is 19.3 Å². The number of aromatic amines is 1. The number of carboxylic acids is 1. The SMILES string of the molecule is CN(C(=O)c1ccc(-c2ccco2)[nH]c1=O)C1(C(=O)O)CCCCC1. The molecule has 2 N–H and O–H groups in total. The highest BCUT2D eigenvalue weighted by Gasteiger charge is 2.45. The van der Waals surface area contributed by atoms with E-state index in [2.05, 4.69) is 4.98 Å². The van der Waals surface area contributed by atoms with Crippen LogP contribution in [-0.2, 0) is 4.79 Å². The summed E-state index contributed by atoms with van der Waals surface area (Å²) >= 11 is 0. The normalized spacial score (nSPS) is 16.4. The van der Waals surface area contributed by atoms with Gasteiger partial charge < -0.3 is 19.4 Å². The topological polar surface area (TPSA) is 104 Å². The van der Waals surface area contributed by atoms with Gasteiger partial charge in [0.1, 0.15) is 16.9 Å². The third kappa shape index (κ3) is 2.97. The molecule has 25 heavy (non-hydrogen) atoms. The van der Waals surface area contributed by atoms with Crippen molar-refractivity contribution in [3.63, 3.8) is 0 Å². The van der Waals surface area contributed by atoms with Crippen LogP contribution in [0.15, 0.2) is 39.7 Å². The number of pyridine rings is 1. The summed E-state index contributed by atoms with van der Waals surface area (Å²) in [5.74, 6) is -1.12. The van der Waals surface area contributed by atoms with E-state index in [1.54, 1.807) is 18.2 Å². The van der Waals surface area contributed by atoms with E-state index < -0.39 is 23.0 Å². The molecule has 0 aliphatic heterocycles. The van der Waals surface area contributed by atoms with E-state index in [0.717, 1.165) is 19.3 Å². The third-order valence-electron chi connectivity index (χ3n) is 4.95. The fourth-order valence-electron chi connectivity index (χ4n) is 3.42. The van der Waals surface area contributed by atoms with E-state index in [1.165, 1.54) is 24.3 Å². The number of hydrogen-bond donors (Lipinski definition) is 2. The summed E-state index contributed by atoms with van der Waals surface area (Å²) in [6.07, 6.45) is 4.73. The molecule has 2 aromatic heterocycles. The molecule has 2 aromatic rings. The Labute approximate surface area is 144 Å². The summed E-state index contributed by atoms with van der Waals surface area (Å²) in [5.41, 5.74) is -1.44. The van der Waals surface area contributed by atoms with Gasteiger partial charge in [0.2, 0.25) is 0 Å². The number of H-pyrrole nitrogens is 1. The molecule has 132 valence electrons. The average molecular weight is 344 g/mol. The number of hydrogen-bond acceptors (Lipinski definition) is 4. The summed E-state index contributed by atoms with van der Waals surface area (Å²) in [4.78, 5) is 40.8. The zero-order valence-corrected chi connectivity index (χ0v) is 13.9. The number of amides is 1. The summed E-state index contributed by atoms with van der Waals surface area (Å²) in [7, 11) is 1.46. The predicted molar refractivity (Wildman–Crippen MR) is 90.3 cm³/mol. The molecule has 0 saturated heterocycles. The number of carbonyl (C=O) groups excluding carboxylic acids is 1. The Morgan fingerprint density at radius 1 is 1.20 bits per heavy atom. The molecule has 7 heteroatoms. The first kappa shape index (κ1) is 17.0. The largest absolute Gasteiger partial charge is 0.479 e. The van der Waals surface area contributed by atoms with Crippen LogP contribution in [0.3, 0.4) is 0 Å². The number of carbonyl (C=O) groups is 2. The van der Waals surface area contributed by atoms with E-state index >= 15 is 0 Å². The van der Waals surface area contributed by atoms with Gasteiger partial charge in [-0.2, -0.15) is 0 Å². The molecular weight excluding hydrogens is 324 g/mol. The molecule has 3 rings (SSSR count). The minimum Gasteiger partial charge on any atom is -0.479 e.